The third kappa shape index (κ3) is 44.6. The van der Waals surface area contributed by atoms with Gasteiger partial charge in [-0.25, -0.2) is 0 Å². The minimum atomic E-state index is 0. The Morgan fingerprint density at radius 2 is 1.80 bits per heavy atom. The molecule has 0 aliphatic rings. The van der Waals surface area contributed by atoms with Gasteiger partial charge in [-0.3, -0.25) is 0 Å². The molecule has 0 spiro atoms. The van der Waals surface area contributed by atoms with Gasteiger partial charge in [0, 0.05) is 22.4 Å². The van der Waals surface area contributed by atoms with Gasteiger partial charge >= 0.3 is 18.9 Å². The first-order chi connectivity index (χ1) is 1.41. The van der Waals surface area contributed by atoms with Gasteiger partial charge in [0.2, 0.25) is 0 Å². The Morgan fingerprint density at radius 1 is 1.80 bits per heavy atom. The number of rotatable bonds is 0. The molecule has 0 saturated heterocycles. The average Bonchev–Trinajstić information content (AvgIpc) is 0.918. The number of hydrogen-bond acceptors (Lipinski definition) is 1. The van der Waals surface area contributed by atoms with Crippen LogP contribution in [0, 0.1) is 0 Å². The molecule has 0 saturated carbocycles. The summed E-state index contributed by atoms with van der Waals surface area (Å²) in [5.74, 6) is 0. The van der Waals surface area contributed by atoms with Gasteiger partial charge < -0.3 is 6.22 Å². The van der Waals surface area contributed by atoms with Gasteiger partial charge in [0.15, 0.2) is 0 Å². The maximum atomic E-state index is 8.81. The van der Waals surface area contributed by atoms with Gasteiger partial charge in [-0.05, 0) is 6.92 Å². The van der Waals surface area contributed by atoms with Crippen molar-refractivity contribution in [3.05, 3.63) is 0 Å². The average molecular weight is 145 g/mol. The van der Waals surface area contributed by atoms with E-state index < -0.39 is 0 Å². The largest absolute Gasteiger partial charge is 1.00 e. The van der Waals surface area contributed by atoms with E-state index in [1.54, 1.807) is 0 Å². The van der Waals surface area contributed by atoms with E-state index in [0.717, 1.165) is 6.29 Å². The monoisotopic (exact) mass is 145 g/mol. The number of aldehydes is 1. The molecule has 0 N–H and O–H groups in total. The van der Waals surface area contributed by atoms with Crippen LogP contribution in [0.4, 0.5) is 0 Å². The van der Waals surface area contributed by atoms with Crippen molar-refractivity contribution in [3.8, 4) is 0 Å². The first kappa shape index (κ1) is 16.7. The van der Waals surface area contributed by atoms with Crippen molar-refractivity contribution < 1.29 is 47.5 Å². The Balaban J connectivity index is -0.00000000667. The second-order valence-electron chi connectivity index (χ2n) is 0.236. The summed E-state index contributed by atoms with van der Waals surface area (Å²) < 4.78 is 0. The van der Waals surface area contributed by atoms with E-state index in [2.05, 4.69) is 0 Å². The van der Waals surface area contributed by atoms with E-state index in [-0.39, 0.29) is 42.7 Å². The second-order valence-corrected chi connectivity index (χ2v) is 0.236. The summed E-state index contributed by atoms with van der Waals surface area (Å²) in [6.07, 6.45) is 0.750. The molecule has 25 valence electrons. The van der Waals surface area contributed by atoms with Crippen molar-refractivity contribution in [2.45, 2.75) is 6.92 Å². The molecule has 1 radical (unpaired) electrons. The number of carbonyl (C=O) groups is 1. The van der Waals surface area contributed by atoms with Crippen molar-refractivity contribution in [1.82, 2.24) is 0 Å². The summed E-state index contributed by atoms with van der Waals surface area (Å²) in [5, 5.41) is 0. The summed E-state index contributed by atoms with van der Waals surface area (Å²) in [5.41, 5.74) is 0. The Bertz CT molecular complexity index is 21.0. The first-order valence-corrected chi connectivity index (χ1v) is 0.813. The predicted octanol–water partition coefficient (Wildman–Crippen LogP) is -2.68. The van der Waals surface area contributed by atoms with Gasteiger partial charge in [0.05, 0.1) is 0 Å². The van der Waals surface area contributed by atoms with Gasteiger partial charge in [0.25, 0.3) is 0 Å². The molecule has 0 atom stereocenters. The molecule has 0 rings (SSSR count). The van der Waals surface area contributed by atoms with E-state index in [1.165, 1.54) is 6.92 Å². The van der Waals surface area contributed by atoms with Crippen LogP contribution >= 0.6 is 0 Å². The van der Waals surface area contributed by atoms with Crippen LogP contribution in [-0.4, -0.2) is 6.29 Å². The molecule has 0 aromatic rings. The Morgan fingerprint density at radius 3 is 1.80 bits per heavy atom. The van der Waals surface area contributed by atoms with Crippen molar-refractivity contribution in [2.75, 3.05) is 0 Å². The molecule has 0 aromatic carbocycles. The quantitative estimate of drug-likeness (QED) is 0.268. The zero-order valence-corrected chi connectivity index (χ0v) is 5.63. The van der Waals surface area contributed by atoms with E-state index in [4.69, 9.17) is 4.79 Å². The Labute approximate surface area is 60.7 Å². The summed E-state index contributed by atoms with van der Waals surface area (Å²) in [7, 11) is 0. The van der Waals surface area contributed by atoms with E-state index >= 15 is 0 Å². The van der Waals surface area contributed by atoms with Crippen molar-refractivity contribution in [3.63, 3.8) is 0 Å². The summed E-state index contributed by atoms with van der Waals surface area (Å²) in [6, 6.07) is 0. The van der Waals surface area contributed by atoms with Gasteiger partial charge in [0.1, 0.15) is 6.29 Å². The third-order valence-corrected chi connectivity index (χ3v) is 0. The first-order valence-electron chi connectivity index (χ1n) is 0.813. The number of hydrogen-bond donors (Lipinski definition) is 0. The zero-order valence-electron chi connectivity index (χ0n) is 4.43. The zero-order chi connectivity index (χ0) is 2.71. The van der Waals surface area contributed by atoms with E-state index in [9.17, 15) is 0 Å². The molecule has 0 aliphatic heterocycles. The smallest absolute Gasteiger partial charge is 1.00 e. The Hall–Kier alpha value is 1.01. The van der Waals surface area contributed by atoms with Crippen molar-refractivity contribution in [1.29, 1.82) is 0 Å². The number of carbonyl (C=O) groups excluding carboxylic acids is 1. The topological polar surface area (TPSA) is 17.1 Å². The molecule has 5 heavy (non-hydrogen) atoms. The molecule has 0 aliphatic carbocycles. The van der Waals surface area contributed by atoms with Crippen LogP contribution in [0.2, 0.25) is 0 Å². The third-order valence-electron chi connectivity index (χ3n) is 0. The Kier molecular flexibility index (Phi) is 66.5. The molecular weight excluding hydrogens is 140 g/mol. The second kappa shape index (κ2) is 20.0. The molecule has 3 heteroatoms. The summed E-state index contributed by atoms with van der Waals surface area (Å²) in [4.78, 5) is 8.81. The van der Waals surface area contributed by atoms with Crippen LogP contribution in [0.3, 0.4) is 0 Å². The minimum Gasteiger partial charge on any atom is -1.00 e. The standard InChI is InChI=1S/C2H4O.Li.Nb.H/c1-2-3;;;/h2H,1H3;;;/q;+1;;-1. The molecular formula is C2H5LiNbO. The van der Waals surface area contributed by atoms with Gasteiger partial charge in [-0.15, -0.1) is 0 Å². The molecule has 0 unspecified atom stereocenters. The molecule has 1 nitrogen and oxygen atoms in total. The van der Waals surface area contributed by atoms with E-state index in [0.29, 0.717) is 0 Å². The molecule has 0 fully saturated rings. The van der Waals surface area contributed by atoms with Crippen LogP contribution in [0.5, 0.6) is 0 Å². The maximum absolute atomic E-state index is 8.81. The molecule has 0 aromatic heterocycles. The van der Waals surface area contributed by atoms with Crippen molar-refractivity contribution >= 4 is 6.29 Å². The van der Waals surface area contributed by atoms with Crippen molar-refractivity contribution in [2.24, 2.45) is 0 Å². The van der Waals surface area contributed by atoms with Crippen LogP contribution in [-0.2, 0) is 27.2 Å². The molecule has 0 bridgehead atoms. The molecule has 0 heterocycles. The van der Waals surface area contributed by atoms with Crippen LogP contribution < -0.4 is 18.9 Å². The fourth-order valence-corrected chi connectivity index (χ4v) is 0. The normalized spacial score (nSPS) is 2.60. The summed E-state index contributed by atoms with van der Waals surface area (Å²) >= 11 is 0. The summed E-state index contributed by atoms with van der Waals surface area (Å²) in [6.45, 7) is 1.44. The fourth-order valence-electron chi connectivity index (χ4n) is 0. The maximum Gasteiger partial charge on any atom is 1.00 e. The molecule has 0 amide bonds. The van der Waals surface area contributed by atoms with Crippen LogP contribution in [0.15, 0.2) is 0 Å². The van der Waals surface area contributed by atoms with Crippen LogP contribution in [0.1, 0.15) is 8.35 Å². The van der Waals surface area contributed by atoms with Gasteiger partial charge in [-0.1, -0.05) is 0 Å². The van der Waals surface area contributed by atoms with E-state index in [1.807, 2.05) is 0 Å². The minimum absolute atomic E-state index is 0. The fraction of sp³-hybridized carbons (Fsp3) is 0.500. The van der Waals surface area contributed by atoms with Gasteiger partial charge in [-0.2, -0.15) is 0 Å². The van der Waals surface area contributed by atoms with Crippen LogP contribution in [0.25, 0.3) is 0 Å². The predicted molar refractivity (Wildman–Crippen MR) is 12.9 cm³/mol. The SMILES string of the molecule is CC=O.[H-].[Li+].[Nb].